The summed E-state index contributed by atoms with van der Waals surface area (Å²) in [7, 11) is 0. The molecule has 84 valence electrons. The van der Waals surface area contributed by atoms with Gasteiger partial charge in [0.25, 0.3) is 0 Å². The number of alkyl halides is 5. The van der Waals surface area contributed by atoms with Gasteiger partial charge in [-0.05, 0) is 50.7 Å². The first-order valence-corrected chi connectivity index (χ1v) is 5.43. The first kappa shape index (κ1) is 13.1. The molecule has 0 saturated heterocycles. The van der Waals surface area contributed by atoms with Gasteiger partial charge in [0.1, 0.15) is 0 Å². The van der Waals surface area contributed by atoms with Crippen LogP contribution in [0.4, 0.5) is 22.0 Å². The van der Waals surface area contributed by atoms with E-state index in [-0.39, 0.29) is 4.47 Å². The zero-order valence-corrected chi connectivity index (χ0v) is 10.6. The summed E-state index contributed by atoms with van der Waals surface area (Å²) in [5.74, 6) is -4.82. The number of benzene rings is 1. The molecule has 0 spiro atoms. The number of rotatable bonds is 1. The summed E-state index contributed by atoms with van der Waals surface area (Å²) in [4.78, 5) is 0. The van der Waals surface area contributed by atoms with Gasteiger partial charge in [-0.3, -0.25) is 0 Å². The van der Waals surface area contributed by atoms with Crippen LogP contribution in [0.15, 0.2) is 22.7 Å². The summed E-state index contributed by atoms with van der Waals surface area (Å²) in [6.07, 6.45) is -5.57. The summed E-state index contributed by atoms with van der Waals surface area (Å²) in [6, 6.07) is 2.73. The summed E-state index contributed by atoms with van der Waals surface area (Å²) >= 11 is 4.71. The largest absolute Gasteiger partial charge is 0.458 e. The third-order valence-corrected chi connectivity index (χ3v) is 3.98. The van der Waals surface area contributed by atoms with Gasteiger partial charge in [0.2, 0.25) is 0 Å². The van der Waals surface area contributed by atoms with Crippen LogP contribution in [0.2, 0.25) is 0 Å². The maximum atomic E-state index is 12.8. The van der Waals surface area contributed by atoms with Crippen molar-refractivity contribution in [3.63, 3.8) is 0 Å². The Hall–Kier alpha value is 0.0800. The molecule has 0 aliphatic rings. The van der Waals surface area contributed by atoms with Gasteiger partial charge in [-0.1, -0.05) is 6.07 Å². The van der Waals surface area contributed by atoms with Crippen molar-refractivity contribution in [1.82, 2.24) is 0 Å². The lowest BCUT2D eigenvalue weighted by Crippen LogP contribution is -2.33. The zero-order chi connectivity index (χ0) is 11.9. The fourth-order valence-corrected chi connectivity index (χ4v) is 1.57. The molecule has 0 atom stereocenters. The van der Waals surface area contributed by atoms with E-state index in [0.29, 0.717) is 3.57 Å². The molecule has 0 amide bonds. The molecule has 1 aromatic carbocycles. The van der Waals surface area contributed by atoms with Gasteiger partial charge in [-0.25, -0.2) is 0 Å². The summed E-state index contributed by atoms with van der Waals surface area (Å²) in [6.45, 7) is 0. The second kappa shape index (κ2) is 4.15. The number of hydrogen-bond acceptors (Lipinski definition) is 0. The van der Waals surface area contributed by atoms with Crippen molar-refractivity contribution in [2.45, 2.75) is 12.1 Å². The molecule has 1 rings (SSSR count). The molecule has 0 aromatic heterocycles. The summed E-state index contributed by atoms with van der Waals surface area (Å²) in [5.41, 5.74) is -1.07. The molecule has 0 heterocycles. The zero-order valence-electron chi connectivity index (χ0n) is 6.88. The van der Waals surface area contributed by atoms with Gasteiger partial charge in [0.05, 0.1) is 0 Å². The maximum absolute atomic E-state index is 12.8. The van der Waals surface area contributed by atoms with E-state index in [4.69, 9.17) is 0 Å². The minimum atomic E-state index is -5.57. The fourth-order valence-electron chi connectivity index (χ4n) is 0.855. The fraction of sp³-hybridized carbons (Fsp3) is 0.250. The Bertz CT molecular complexity index is 374. The monoisotopic (exact) mass is 400 g/mol. The molecule has 0 unspecified atom stereocenters. The lowest BCUT2D eigenvalue weighted by molar-refractivity contribution is -0.289. The van der Waals surface area contributed by atoms with E-state index in [0.717, 1.165) is 12.1 Å². The summed E-state index contributed by atoms with van der Waals surface area (Å²) < 4.78 is 62.4. The predicted octanol–water partition coefficient (Wildman–Crippen LogP) is 4.71. The van der Waals surface area contributed by atoms with Crippen LogP contribution in [0, 0.1) is 3.57 Å². The first-order valence-electron chi connectivity index (χ1n) is 3.56. The van der Waals surface area contributed by atoms with E-state index < -0.39 is 17.7 Å². The Morgan fingerprint density at radius 1 is 1.07 bits per heavy atom. The Kier molecular flexibility index (Phi) is 3.64. The Balaban J connectivity index is 3.22. The van der Waals surface area contributed by atoms with Crippen molar-refractivity contribution < 1.29 is 22.0 Å². The molecule has 0 aliphatic heterocycles. The number of halogens is 7. The van der Waals surface area contributed by atoms with Gasteiger partial charge in [-0.15, -0.1) is 0 Å². The molecule has 7 heteroatoms. The SMILES string of the molecule is FC(F)(F)C(F)(F)c1ccc(I)c(Br)c1. The van der Waals surface area contributed by atoms with Crippen LogP contribution in [0.3, 0.4) is 0 Å². The minimum absolute atomic E-state index is 0.213. The van der Waals surface area contributed by atoms with Crippen LogP contribution in [-0.2, 0) is 5.92 Å². The summed E-state index contributed by atoms with van der Waals surface area (Å²) in [5, 5.41) is 0. The van der Waals surface area contributed by atoms with Crippen molar-refractivity contribution in [2.24, 2.45) is 0 Å². The second-order valence-electron chi connectivity index (χ2n) is 2.70. The van der Waals surface area contributed by atoms with Crippen molar-refractivity contribution in [2.75, 3.05) is 0 Å². The van der Waals surface area contributed by atoms with Crippen LogP contribution < -0.4 is 0 Å². The van der Waals surface area contributed by atoms with Crippen molar-refractivity contribution in [1.29, 1.82) is 0 Å². The average Bonchev–Trinajstić information content (AvgIpc) is 2.07. The highest BCUT2D eigenvalue weighted by Crippen LogP contribution is 2.44. The van der Waals surface area contributed by atoms with E-state index in [1.54, 1.807) is 0 Å². The molecular weight excluding hydrogens is 398 g/mol. The smallest absolute Gasteiger partial charge is 0.191 e. The van der Waals surface area contributed by atoms with E-state index >= 15 is 0 Å². The van der Waals surface area contributed by atoms with Crippen LogP contribution >= 0.6 is 38.5 Å². The average molecular weight is 401 g/mol. The molecule has 0 nitrogen and oxygen atoms in total. The van der Waals surface area contributed by atoms with Crippen LogP contribution in [-0.4, -0.2) is 6.18 Å². The quantitative estimate of drug-likeness (QED) is 0.473. The maximum Gasteiger partial charge on any atom is 0.458 e. The molecule has 0 radical (unpaired) electrons. The van der Waals surface area contributed by atoms with Crippen molar-refractivity contribution in [3.8, 4) is 0 Å². The Morgan fingerprint density at radius 3 is 2.00 bits per heavy atom. The first-order chi connectivity index (χ1) is 6.66. The van der Waals surface area contributed by atoms with Crippen molar-refractivity contribution >= 4 is 38.5 Å². The standard InChI is InChI=1S/C8H3BrF5I/c9-5-3-4(1-2-6(5)15)7(10,11)8(12,13)14/h1-3H. The lowest BCUT2D eigenvalue weighted by atomic mass is 10.1. The normalized spacial score (nSPS) is 13.0. The topological polar surface area (TPSA) is 0 Å². The molecule has 0 aliphatic carbocycles. The highest BCUT2D eigenvalue weighted by Gasteiger charge is 2.58. The lowest BCUT2D eigenvalue weighted by Gasteiger charge is -2.20. The molecule has 0 fully saturated rings. The Labute approximate surface area is 104 Å². The van der Waals surface area contributed by atoms with Gasteiger partial charge < -0.3 is 0 Å². The predicted molar refractivity (Wildman–Crippen MR) is 56.8 cm³/mol. The molecule has 0 bridgehead atoms. The molecule has 0 N–H and O–H groups in total. The van der Waals surface area contributed by atoms with Gasteiger partial charge in [-0.2, -0.15) is 22.0 Å². The molecule has 0 saturated carbocycles. The highest BCUT2D eigenvalue weighted by atomic mass is 127. The van der Waals surface area contributed by atoms with Crippen LogP contribution in [0.25, 0.3) is 0 Å². The van der Waals surface area contributed by atoms with E-state index in [2.05, 4.69) is 15.9 Å². The van der Waals surface area contributed by atoms with Crippen LogP contribution in [0.1, 0.15) is 5.56 Å². The van der Waals surface area contributed by atoms with Gasteiger partial charge >= 0.3 is 12.1 Å². The Morgan fingerprint density at radius 2 is 1.60 bits per heavy atom. The highest BCUT2D eigenvalue weighted by molar-refractivity contribution is 14.1. The van der Waals surface area contributed by atoms with E-state index in [9.17, 15) is 22.0 Å². The van der Waals surface area contributed by atoms with Crippen molar-refractivity contribution in [3.05, 3.63) is 31.8 Å². The molecule has 1 aromatic rings. The van der Waals surface area contributed by atoms with Gasteiger partial charge in [0, 0.05) is 13.6 Å². The third kappa shape index (κ3) is 2.61. The van der Waals surface area contributed by atoms with Gasteiger partial charge in [0.15, 0.2) is 0 Å². The van der Waals surface area contributed by atoms with E-state index in [1.165, 1.54) is 6.07 Å². The minimum Gasteiger partial charge on any atom is -0.191 e. The molecular formula is C8H3BrF5I. The van der Waals surface area contributed by atoms with E-state index in [1.807, 2.05) is 22.6 Å². The van der Waals surface area contributed by atoms with Crippen LogP contribution in [0.5, 0.6) is 0 Å². The molecule has 15 heavy (non-hydrogen) atoms. The number of hydrogen-bond donors (Lipinski definition) is 0. The third-order valence-electron chi connectivity index (χ3n) is 1.64. The second-order valence-corrected chi connectivity index (χ2v) is 4.72.